The predicted molar refractivity (Wildman–Crippen MR) is 116 cm³/mol. The smallest absolute Gasteiger partial charge is 0.254 e. The second-order valence-corrected chi connectivity index (χ2v) is 8.07. The number of rotatable bonds is 6. The number of likely N-dealkylation sites (tertiary alicyclic amines) is 1. The van der Waals surface area contributed by atoms with Crippen LogP contribution in [0.3, 0.4) is 0 Å². The topological polar surface area (TPSA) is 32.3 Å². The molecule has 3 nitrogen and oxygen atoms in total. The normalized spacial score (nSPS) is 17.2. The van der Waals surface area contributed by atoms with E-state index in [2.05, 4.69) is 4.72 Å². The molecule has 6 heteroatoms. The van der Waals surface area contributed by atoms with Gasteiger partial charge in [-0.2, -0.15) is 0 Å². The monoisotopic (exact) mass is 418 g/mol. The van der Waals surface area contributed by atoms with E-state index in [1.807, 2.05) is 24.1 Å². The zero-order valence-electron chi connectivity index (χ0n) is 17.0. The lowest BCUT2D eigenvalue weighted by atomic mass is 9.91. The van der Waals surface area contributed by atoms with E-state index in [-0.39, 0.29) is 11.5 Å². The molecule has 0 aromatic heterocycles. The fraction of sp³-hybridized carbons (Fsp3) is 0.435. The van der Waals surface area contributed by atoms with Crippen molar-refractivity contribution in [3.8, 4) is 11.1 Å². The number of carbonyl (C=O) groups excluding carboxylic acids is 1. The van der Waals surface area contributed by atoms with Crippen molar-refractivity contribution in [2.24, 2.45) is 0 Å². The number of benzene rings is 2. The van der Waals surface area contributed by atoms with Crippen LogP contribution in [0, 0.1) is 11.6 Å². The van der Waals surface area contributed by atoms with Crippen molar-refractivity contribution >= 4 is 17.9 Å². The largest absolute Gasteiger partial charge is 0.339 e. The Balaban J connectivity index is 2.02. The Kier molecular flexibility index (Phi) is 7.67. The van der Waals surface area contributed by atoms with Gasteiger partial charge in [-0.05, 0) is 49.6 Å². The molecule has 2 aromatic rings. The molecule has 1 saturated heterocycles. The quantitative estimate of drug-likeness (QED) is 0.634. The summed E-state index contributed by atoms with van der Waals surface area (Å²) < 4.78 is 32.5. The van der Waals surface area contributed by atoms with E-state index >= 15 is 0 Å². The minimum atomic E-state index is -0.646. The van der Waals surface area contributed by atoms with Gasteiger partial charge in [0.25, 0.3) is 5.91 Å². The summed E-state index contributed by atoms with van der Waals surface area (Å²) in [6.45, 7) is 3.33. The molecule has 0 bridgehead atoms. The number of hydrogen-bond donors (Lipinski definition) is 1. The van der Waals surface area contributed by atoms with Gasteiger partial charge in [-0.15, -0.1) is 0 Å². The lowest BCUT2D eigenvalue weighted by Crippen LogP contribution is -2.34. The first kappa shape index (κ1) is 21.8. The highest BCUT2D eigenvalue weighted by Gasteiger charge is 2.27. The molecule has 156 valence electrons. The fourth-order valence-electron chi connectivity index (χ4n) is 4.04. The van der Waals surface area contributed by atoms with Crippen molar-refractivity contribution in [2.45, 2.75) is 45.1 Å². The molecule has 1 unspecified atom stereocenters. The SMILES string of the molecule is CCCc1cccc(-c2c(F)cccc2F)c1C(=O)N1CCCC(NSC)CC1. The summed E-state index contributed by atoms with van der Waals surface area (Å²) in [6, 6.07) is 9.53. The number of nitrogens with one attached hydrogen (secondary N) is 1. The van der Waals surface area contributed by atoms with Gasteiger partial charge < -0.3 is 4.90 Å². The molecule has 0 spiro atoms. The molecule has 1 aliphatic heterocycles. The van der Waals surface area contributed by atoms with Gasteiger partial charge in [0, 0.05) is 24.7 Å². The molecular weight excluding hydrogens is 390 g/mol. The van der Waals surface area contributed by atoms with Gasteiger partial charge in [-0.3, -0.25) is 9.52 Å². The van der Waals surface area contributed by atoms with Crippen LogP contribution in [-0.2, 0) is 6.42 Å². The van der Waals surface area contributed by atoms with Crippen molar-refractivity contribution in [1.29, 1.82) is 0 Å². The zero-order valence-corrected chi connectivity index (χ0v) is 17.8. The molecule has 1 heterocycles. The maximum Gasteiger partial charge on any atom is 0.254 e. The Morgan fingerprint density at radius 3 is 2.55 bits per heavy atom. The lowest BCUT2D eigenvalue weighted by molar-refractivity contribution is 0.0760. The van der Waals surface area contributed by atoms with Crippen LogP contribution in [0.25, 0.3) is 11.1 Å². The first-order valence-corrected chi connectivity index (χ1v) is 11.4. The van der Waals surface area contributed by atoms with E-state index in [4.69, 9.17) is 0 Å². The number of carbonyl (C=O) groups is 1. The highest BCUT2D eigenvalue weighted by molar-refractivity contribution is 7.96. The van der Waals surface area contributed by atoms with E-state index in [9.17, 15) is 13.6 Å². The predicted octanol–water partition coefficient (Wildman–Crippen LogP) is 5.45. The molecule has 0 radical (unpaired) electrons. The van der Waals surface area contributed by atoms with E-state index in [0.29, 0.717) is 36.7 Å². The summed E-state index contributed by atoms with van der Waals surface area (Å²) in [5.74, 6) is -1.42. The van der Waals surface area contributed by atoms with Gasteiger partial charge in [0.2, 0.25) is 0 Å². The Bertz CT molecular complexity index is 839. The highest BCUT2D eigenvalue weighted by Crippen LogP contribution is 2.33. The molecule has 2 aromatic carbocycles. The molecule has 1 aliphatic rings. The second kappa shape index (κ2) is 10.2. The van der Waals surface area contributed by atoms with Gasteiger partial charge in [0.05, 0.1) is 11.1 Å². The van der Waals surface area contributed by atoms with E-state index in [0.717, 1.165) is 31.2 Å². The molecule has 1 fully saturated rings. The summed E-state index contributed by atoms with van der Waals surface area (Å²) in [5.41, 5.74) is 1.51. The third-order valence-electron chi connectivity index (χ3n) is 5.42. The number of halogens is 2. The maximum atomic E-state index is 14.6. The van der Waals surface area contributed by atoms with Crippen molar-refractivity contribution in [2.75, 3.05) is 19.3 Å². The molecule has 0 aliphatic carbocycles. The third-order valence-corrected chi connectivity index (χ3v) is 5.98. The average Bonchev–Trinajstić information content (AvgIpc) is 2.94. The third kappa shape index (κ3) is 4.98. The van der Waals surface area contributed by atoms with Gasteiger partial charge >= 0.3 is 0 Å². The van der Waals surface area contributed by atoms with Crippen molar-refractivity contribution in [1.82, 2.24) is 9.62 Å². The highest BCUT2D eigenvalue weighted by atomic mass is 32.2. The van der Waals surface area contributed by atoms with Crippen molar-refractivity contribution in [3.05, 3.63) is 59.2 Å². The number of hydrogen-bond acceptors (Lipinski definition) is 3. The fourth-order valence-corrected chi connectivity index (χ4v) is 4.60. The maximum absolute atomic E-state index is 14.6. The van der Waals surface area contributed by atoms with Gasteiger partial charge in [-0.25, -0.2) is 8.78 Å². The molecule has 1 amide bonds. The van der Waals surface area contributed by atoms with Crippen LogP contribution >= 0.6 is 11.9 Å². The summed E-state index contributed by atoms with van der Waals surface area (Å²) in [6.07, 6.45) is 6.33. The number of aryl methyl sites for hydroxylation is 1. The molecular formula is C23H28F2N2OS. The van der Waals surface area contributed by atoms with Gasteiger partial charge in [-0.1, -0.05) is 49.6 Å². The van der Waals surface area contributed by atoms with Crippen LogP contribution < -0.4 is 4.72 Å². The second-order valence-electron chi connectivity index (χ2n) is 7.43. The molecule has 1 atom stereocenters. The first-order valence-electron chi connectivity index (χ1n) is 10.2. The molecule has 1 N–H and O–H groups in total. The summed E-state index contributed by atoms with van der Waals surface area (Å²) >= 11 is 1.60. The number of nitrogens with zero attached hydrogens (tertiary/aromatic N) is 1. The van der Waals surface area contributed by atoms with E-state index in [1.54, 1.807) is 24.1 Å². The summed E-state index contributed by atoms with van der Waals surface area (Å²) in [4.78, 5) is 15.4. The van der Waals surface area contributed by atoms with Crippen LogP contribution in [0.15, 0.2) is 36.4 Å². The molecule has 29 heavy (non-hydrogen) atoms. The van der Waals surface area contributed by atoms with Crippen LogP contribution in [-0.4, -0.2) is 36.2 Å². The van der Waals surface area contributed by atoms with Crippen molar-refractivity contribution in [3.63, 3.8) is 0 Å². The average molecular weight is 419 g/mol. The Hall–Kier alpha value is -1.92. The zero-order chi connectivity index (χ0) is 20.8. The lowest BCUT2D eigenvalue weighted by Gasteiger charge is -2.24. The summed E-state index contributed by atoms with van der Waals surface area (Å²) in [5, 5.41) is 0. The minimum absolute atomic E-state index is 0.120. The van der Waals surface area contributed by atoms with Crippen molar-refractivity contribution < 1.29 is 13.6 Å². The van der Waals surface area contributed by atoms with Gasteiger partial charge in [0.1, 0.15) is 11.6 Å². The Morgan fingerprint density at radius 1 is 1.14 bits per heavy atom. The van der Waals surface area contributed by atoms with E-state index in [1.165, 1.54) is 18.2 Å². The van der Waals surface area contributed by atoms with Crippen LogP contribution in [0.2, 0.25) is 0 Å². The standard InChI is InChI=1S/C23H28F2N2OS/c1-3-7-16-8-4-10-18(22-19(24)11-5-12-20(22)25)21(16)23(28)27-14-6-9-17(13-15-27)26-29-2/h4-5,8,10-12,17,26H,3,6-7,9,13-15H2,1-2H3. The Labute approximate surface area is 176 Å². The van der Waals surface area contributed by atoms with Gasteiger partial charge in [0.15, 0.2) is 0 Å². The van der Waals surface area contributed by atoms with E-state index < -0.39 is 11.6 Å². The number of amides is 1. The Morgan fingerprint density at radius 2 is 1.86 bits per heavy atom. The minimum Gasteiger partial charge on any atom is -0.339 e. The van der Waals surface area contributed by atoms with Crippen LogP contribution in [0.5, 0.6) is 0 Å². The van der Waals surface area contributed by atoms with Crippen LogP contribution in [0.1, 0.15) is 48.5 Å². The molecule has 3 rings (SSSR count). The summed E-state index contributed by atoms with van der Waals surface area (Å²) in [7, 11) is 0. The van der Waals surface area contributed by atoms with Crippen LogP contribution in [0.4, 0.5) is 8.78 Å². The first-order chi connectivity index (χ1) is 14.1. The molecule has 0 saturated carbocycles.